The van der Waals surface area contributed by atoms with Crippen LogP contribution in [-0.2, 0) is 9.84 Å². The van der Waals surface area contributed by atoms with E-state index in [0.29, 0.717) is 6.54 Å². The summed E-state index contributed by atoms with van der Waals surface area (Å²) in [7, 11) is -4.60. The van der Waals surface area contributed by atoms with Crippen molar-refractivity contribution in [3.05, 3.63) is 29.8 Å². The molecule has 100 valence electrons. The van der Waals surface area contributed by atoms with Crippen LogP contribution in [0.2, 0.25) is 0 Å². The molecule has 0 heterocycles. The normalized spacial score (nSPS) is 11.6. The highest BCUT2D eigenvalue weighted by atomic mass is 32.2. The van der Waals surface area contributed by atoms with Gasteiger partial charge in [0.25, 0.3) is 5.91 Å². The van der Waals surface area contributed by atoms with E-state index in [2.05, 4.69) is 5.32 Å². The Labute approximate surface area is 104 Å². The van der Waals surface area contributed by atoms with Crippen LogP contribution in [0.3, 0.4) is 0 Å². The van der Waals surface area contributed by atoms with Crippen molar-refractivity contribution in [2.45, 2.75) is 24.0 Å². The van der Waals surface area contributed by atoms with Gasteiger partial charge in [-0.05, 0) is 30.7 Å². The molecule has 1 amide bonds. The lowest BCUT2D eigenvalue weighted by atomic mass is 10.2. The van der Waals surface area contributed by atoms with Crippen LogP contribution in [0.1, 0.15) is 23.7 Å². The third-order valence-electron chi connectivity index (χ3n) is 2.22. The maximum Gasteiger partial charge on any atom is 0.341 e. The van der Waals surface area contributed by atoms with Crippen LogP contribution in [0, 0.1) is 0 Å². The molecule has 18 heavy (non-hydrogen) atoms. The first-order valence-electron chi connectivity index (χ1n) is 5.30. The lowest BCUT2D eigenvalue weighted by molar-refractivity contribution is 0.0953. The van der Waals surface area contributed by atoms with Gasteiger partial charge in [0.15, 0.2) is 0 Å². The molecule has 1 aromatic carbocycles. The number of carbonyl (C=O) groups is 1. The van der Waals surface area contributed by atoms with Crippen molar-refractivity contribution in [2.75, 3.05) is 6.54 Å². The zero-order valence-corrected chi connectivity index (χ0v) is 10.5. The lowest BCUT2D eigenvalue weighted by Gasteiger charge is -2.05. The number of amides is 1. The highest BCUT2D eigenvalue weighted by Gasteiger charge is 2.26. The van der Waals surface area contributed by atoms with Crippen molar-refractivity contribution in [3.63, 3.8) is 0 Å². The van der Waals surface area contributed by atoms with Crippen LogP contribution in [0.5, 0.6) is 0 Å². The lowest BCUT2D eigenvalue weighted by Crippen LogP contribution is -2.24. The summed E-state index contributed by atoms with van der Waals surface area (Å²) in [4.78, 5) is 11.0. The first-order valence-corrected chi connectivity index (χ1v) is 6.84. The second-order valence-electron chi connectivity index (χ2n) is 3.59. The summed E-state index contributed by atoms with van der Waals surface area (Å²) in [6.07, 6.45) is 0.767. The number of sulfone groups is 1. The minimum absolute atomic E-state index is 0.233. The quantitative estimate of drug-likeness (QED) is 0.893. The maximum atomic E-state index is 12.3. The monoisotopic (exact) mass is 277 g/mol. The summed E-state index contributed by atoms with van der Waals surface area (Å²) < 4.78 is 46.8. The Morgan fingerprint density at radius 2 is 1.83 bits per heavy atom. The first-order chi connectivity index (χ1) is 8.39. The molecule has 0 aliphatic carbocycles. The molecule has 4 nitrogen and oxygen atoms in total. The van der Waals surface area contributed by atoms with Crippen molar-refractivity contribution in [1.29, 1.82) is 0 Å². The Morgan fingerprint density at radius 1 is 1.28 bits per heavy atom. The Kier molecular flexibility index (Phi) is 4.77. The summed E-state index contributed by atoms with van der Waals surface area (Å²) >= 11 is 0. The fourth-order valence-electron chi connectivity index (χ4n) is 1.24. The van der Waals surface area contributed by atoms with Gasteiger partial charge in [-0.25, -0.2) is 8.42 Å². The minimum atomic E-state index is -4.60. The largest absolute Gasteiger partial charge is 0.352 e. The van der Waals surface area contributed by atoms with E-state index >= 15 is 0 Å². The number of nitrogens with one attached hydrogen (secondary N) is 1. The predicted octanol–water partition coefficient (Wildman–Crippen LogP) is 1.82. The van der Waals surface area contributed by atoms with Gasteiger partial charge in [0, 0.05) is 12.1 Å². The van der Waals surface area contributed by atoms with E-state index < -0.39 is 20.5 Å². The maximum absolute atomic E-state index is 12.3. The fourth-order valence-corrected chi connectivity index (χ4v) is 1.96. The number of benzene rings is 1. The Morgan fingerprint density at radius 3 is 2.28 bits per heavy atom. The summed E-state index contributed by atoms with van der Waals surface area (Å²) in [6.45, 7) is 2.38. The zero-order chi connectivity index (χ0) is 13.8. The van der Waals surface area contributed by atoms with Gasteiger partial charge in [0.2, 0.25) is 9.84 Å². The Hall–Kier alpha value is -1.50. The third kappa shape index (κ3) is 3.25. The van der Waals surface area contributed by atoms with Gasteiger partial charge in [-0.3, -0.25) is 4.79 Å². The molecule has 0 aliphatic heterocycles. The van der Waals surface area contributed by atoms with Gasteiger partial charge in [0.05, 0.1) is 4.90 Å². The summed E-state index contributed by atoms with van der Waals surface area (Å²) in [5, 5.41) is 2.59. The Balaban J connectivity index is 2.90. The second kappa shape index (κ2) is 5.90. The molecule has 0 radical (unpaired) electrons. The van der Waals surface area contributed by atoms with Gasteiger partial charge in [0.1, 0.15) is 0 Å². The molecule has 0 aromatic heterocycles. The van der Waals surface area contributed by atoms with Gasteiger partial charge in [-0.15, -0.1) is 0 Å². The molecule has 0 spiro atoms. The number of rotatable bonds is 5. The van der Waals surface area contributed by atoms with Gasteiger partial charge >= 0.3 is 5.76 Å². The van der Waals surface area contributed by atoms with Gasteiger partial charge in [-0.1, -0.05) is 6.92 Å². The van der Waals surface area contributed by atoms with Crippen molar-refractivity contribution in [3.8, 4) is 0 Å². The molecular weight excluding hydrogens is 264 g/mol. The van der Waals surface area contributed by atoms with Crippen molar-refractivity contribution in [2.24, 2.45) is 0 Å². The molecule has 0 saturated carbocycles. The van der Waals surface area contributed by atoms with Gasteiger partial charge < -0.3 is 5.32 Å². The van der Waals surface area contributed by atoms with Crippen LogP contribution >= 0.6 is 0 Å². The zero-order valence-electron chi connectivity index (χ0n) is 9.69. The van der Waals surface area contributed by atoms with E-state index in [4.69, 9.17) is 0 Å². The molecule has 0 aliphatic rings. The number of hydrogen-bond acceptors (Lipinski definition) is 3. The molecule has 0 saturated heterocycles. The number of carbonyl (C=O) groups excluding carboxylic acids is 1. The summed E-state index contributed by atoms with van der Waals surface area (Å²) in [6, 6.07) is 4.42. The molecule has 0 bridgehead atoms. The first kappa shape index (κ1) is 14.6. The fraction of sp³-hybridized carbons (Fsp3) is 0.364. The Bertz CT molecular complexity index is 512. The molecule has 1 rings (SSSR count). The number of hydrogen-bond donors (Lipinski definition) is 1. The molecule has 1 aromatic rings. The van der Waals surface area contributed by atoms with Crippen LogP contribution in [0.15, 0.2) is 29.2 Å². The van der Waals surface area contributed by atoms with E-state index in [1.807, 2.05) is 6.92 Å². The molecule has 0 atom stereocenters. The molecule has 7 heteroatoms. The van der Waals surface area contributed by atoms with E-state index in [9.17, 15) is 22.0 Å². The highest BCUT2D eigenvalue weighted by Crippen LogP contribution is 2.18. The molecule has 1 N–H and O–H groups in total. The van der Waals surface area contributed by atoms with E-state index in [1.165, 1.54) is 12.1 Å². The predicted molar refractivity (Wildman–Crippen MR) is 62.3 cm³/mol. The number of halogens is 2. The van der Waals surface area contributed by atoms with Crippen LogP contribution in [-0.4, -0.2) is 26.6 Å². The minimum Gasteiger partial charge on any atom is -0.352 e. The van der Waals surface area contributed by atoms with Crippen molar-refractivity contribution >= 4 is 15.7 Å². The average molecular weight is 277 g/mol. The standard InChI is InChI=1S/C11H13F2NO3S/c1-2-7-14-10(15)8-3-5-9(6-4-8)18(16,17)11(12)13/h3-6,11H,2,7H2,1H3,(H,14,15). The summed E-state index contributed by atoms with van der Waals surface area (Å²) in [5.41, 5.74) is 0.233. The van der Waals surface area contributed by atoms with E-state index in [0.717, 1.165) is 18.6 Å². The topological polar surface area (TPSA) is 63.2 Å². The summed E-state index contributed by atoms with van der Waals surface area (Å²) in [5.74, 6) is -3.82. The van der Waals surface area contributed by atoms with Crippen molar-refractivity contribution < 1.29 is 22.0 Å². The highest BCUT2D eigenvalue weighted by molar-refractivity contribution is 7.91. The molecule has 0 unspecified atom stereocenters. The van der Waals surface area contributed by atoms with Gasteiger partial charge in [-0.2, -0.15) is 8.78 Å². The van der Waals surface area contributed by atoms with Crippen molar-refractivity contribution in [1.82, 2.24) is 5.32 Å². The third-order valence-corrected chi connectivity index (χ3v) is 3.61. The smallest absolute Gasteiger partial charge is 0.341 e. The van der Waals surface area contributed by atoms with E-state index in [-0.39, 0.29) is 11.5 Å². The number of alkyl halides is 2. The molecular formula is C11H13F2NO3S. The van der Waals surface area contributed by atoms with Crippen LogP contribution in [0.25, 0.3) is 0 Å². The van der Waals surface area contributed by atoms with E-state index in [1.54, 1.807) is 0 Å². The van der Waals surface area contributed by atoms with Crippen LogP contribution in [0.4, 0.5) is 8.78 Å². The van der Waals surface area contributed by atoms with Crippen LogP contribution < -0.4 is 5.32 Å². The molecule has 0 fully saturated rings. The SMILES string of the molecule is CCCNC(=O)c1ccc(S(=O)(=O)C(F)F)cc1. The second-order valence-corrected chi connectivity index (χ2v) is 5.50. The average Bonchev–Trinajstić information content (AvgIpc) is 2.35.